The van der Waals surface area contributed by atoms with E-state index >= 15 is 0 Å². The van der Waals surface area contributed by atoms with Gasteiger partial charge in [0.2, 0.25) is 10.0 Å². The highest BCUT2D eigenvalue weighted by molar-refractivity contribution is 7.89. The zero-order chi connectivity index (χ0) is 15.6. The van der Waals surface area contributed by atoms with Crippen LogP contribution in [0.25, 0.3) is 0 Å². The van der Waals surface area contributed by atoms with E-state index in [1.807, 2.05) is 17.5 Å². The third kappa shape index (κ3) is 3.73. The molecular formula is C13H12Cl3NO2S2. The lowest BCUT2D eigenvalue weighted by atomic mass is 10.4. The SMILES string of the molecule is CCN(Cc1cccs1)S(=O)(=O)c1c(Cl)cc(Cl)cc1Cl. The molecule has 0 unspecified atom stereocenters. The Morgan fingerprint density at radius 3 is 2.29 bits per heavy atom. The van der Waals surface area contributed by atoms with E-state index in [9.17, 15) is 8.42 Å². The van der Waals surface area contributed by atoms with Gasteiger partial charge in [-0.05, 0) is 23.6 Å². The normalized spacial score (nSPS) is 12.0. The molecule has 0 atom stereocenters. The molecule has 0 amide bonds. The highest BCUT2D eigenvalue weighted by Crippen LogP contribution is 2.35. The Labute approximate surface area is 143 Å². The van der Waals surface area contributed by atoms with E-state index in [0.29, 0.717) is 11.6 Å². The molecule has 8 heteroatoms. The molecule has 0 saturated heterocycles. The van der Waals surface area contributed by atoms with Gasteiger partial charge in [-0.15, -0.1) is 11.3 Å². The largest absolute Gasteiger partial charge is 0.246 e. The molecule has 3 nitrogen and oxygen atoms in total. The number of rotatable bonds is 5. The molecule has 1 aromatic carbocycles. The van der Waals surface area contributed by atoms with Gasteiger partial charge in [0.25, 0.3) is 0 Å². The Balaban J connectivity index is 2.45. The fourth-order valence-corrected chi connectivity index (χ4v) is 5.57. The Hall–Kier alpha value is -0.300. The van der Waals surface area contributed by atoms with Crippen molar-refractivity contribution in [2.75, 3.05) is 6.54 Å². The second-order valence-corrected chi connectivity index (χ2v) is 8.37. The molecule has 114 valence electrons. The second kappa shape index (κ2) is 6.86. The summed E-state index contributed by atoms with van der Waals surface area (Å²) in [5, 5.41) is 2.25. The van der Waals surface area contributed by atoms with Gasteiger partial charge in [-0.25, -0.2) is 8.42 Å². The number of hydrogen-bond acceptors (Lipinski definition) is 3. The van der Waals surface area contributed by atoms with Crippen LogP contribution in [0, 0.1) is 0 Å². The van der Waals surface area contributed by atoms with Crippen LogP contribution >= 0.6 is 46.1 Å². The molecule has 0 aliphatic rings. The number of benzene rings is 1. The summed E-state index contributed by atoms with van der Waals surface area (Å²) in [5.74, 6) is 0. The van der Waals surface area contributed by atoms with Gasteiger partial charge in [0.15, 0.2) is 0 Å². The maximum atomic E-state index is 12.8. The van der Waals surface area contributed by atoms with Crippen molar-refractivity contribution in [1.29, 1.82) is 0 Å². The summed E-state index contributed by atoms with van der Waals surface area (Å²) in [6, 6.07) is 6.51. The van der Waals surface area contributed by atoms with E-state index in [1.165, 1.54) is 27.8 Å². The minimum absolute atomic E-state index is 0.0251. The van der Waals surface area contributed by atoms with Gasteiger partial charge in [0, 0.05) is 23.0 Å². The molecule has 0 spiro atoms. The van der Waals surface area contributed by atoms with E-state index in [1.54, 1.807) is 6.92 Å². The molecule has 0 aliphatic carbocycles. The standard InChI is InChI=1S/C13H12Cl3NO2S2/c1-2-17(8-10-4-3-5-20-10)21(18,19)13-11(15)6-9(14)7-12(13)16/h3-7H,2,8H2,1H3. The lowest BCUT2D eigenvalue weighted by Crippen LogP contribution is -2.30. The minimum atomic E-state index is -3.79. The molecular weight excluding hydrogens is 373 g/mol. The molecule has 1 aromatic heterocycles. The Morgan fingerprint density at radius 2 is 1.81 bits per heavy atom. The van der Waals surface area contributed by atoms with Crippen molar-refractivity contribution >= 4 is 56.2 Å². The number of thiophene rings is 1. The predicted octanol–water partition coefficient (Wildman–Crippen LogP) is 4.92. The van der Waals surface area contributed by atoms with Crippen molar-refractivity contribution in [3.05, 3.63) is 49.6 Å². The van der Waals surface area contributed by atoms with Crippen molar-refractivity contribution in [2.45, 2.75) is 18.4 Å². The molecule has 0 fully saturated rings. The van der Waals surface area contributed by atoms with Crippen LogP contribution in [0.15, 0.2) is 34.5 Å². The Kier molecular flexibility index (Phi) is 5.57. The maximum absolute atomic E-state index is 12.8. The lowest BCUT2D eigenvalue weighted by Gasteiger charge is -2.21. The van der Waals surface area contributed by atoms with Crippen molar-refractivity contribution < 1.29 is 8.42 Å². The number of halogens is 3. The number of hydrogen-bond donors (Lipinski definition) is 0. The van der Waals surface area contributed by atoms with Crippen LogP contribution in [-0.2, 0) is 16.6 Å². The monoisotopic (exact) mass is 383 g/mol. The first-order chi connectivity index (χ1) is 9.86. The molecule has 0 aliphatic heterocycles. The lowest BCUT2D eigenvalue weighted by molar-refractivity contribution is 0.426. The van der Waals surface area contributed by atoms with E-state index in [0.717, 1.165) is 4.88 Å². The highest BCUT2D eigenvalue weighted by Gasteiger charge is 2.29. The van der Waals surface area contributed by atoms with Gasteiger partial charge >= 0.3 is 0 Å². The van der Waals surface area contributed by atoms with Crippen molar-refractivity contribution in [2.24, 2.45) is 0 Å². The number of nitrogens with zero attached hydrogens (tertiary/aromatic N) is 1. The summed E-state index contributed by atoms with van der Waals surface area (Å²) in [4.78, 5) is 0.843. The van der Waals surface area contributed by atoms with Gasteiger partial charge in [-0.2, -0.15) is 4.31 Å². The highest BCUT2D eigenvalue weighted by atomic mass is 35.5. The summed E-state index contributed by atoms with van der Waals surface area (Å²) in [6.07, 6.45) is 0. The quantitative estimate of drug-likeness (QED) is 0.733. The number of sulfonamides is 1. The van der Waals surface area contributed by atoms with Crippen molar-refractivity contribution in [1.82, 2.24) is 4.31 Å². The van der Waals surface area contributed by atoms with Gasteiger partial charge in [-0.1, -0.05) is 47.8 Å². The zero-order valence-electron chi connectivity index (χ0n) is 11.0. The van der Waals surface area contributed by atoms with Crippen LogP contribution in [0.1, 0.15) is 11.8 Å². The van der Waals surface area contributed by atoms with E-state index in [4.69, 9.17) is 34.8 Å². The van der Waals surface area contributed by atoms with Gasteiger partial charge < -0.3 is 0 Å². The average molecular weight is 385 g/mol. The van der Waals surface area contributed by atoms with Gasteiger partial charge in [0.1, 0.15) is 4.90 Å². The van der Waals surface area contributed by atoms with Crippen LogP contribution in [0.5, 0.6) is 0 Å². The first kappa shape index (κ1) is 17.1. The molecule has 2 rings (SSSR count). The van der Waals surface area contributed by atoms with Crippen molar-refractivity contribution in [3.63, 3.8) is 0 Å². The Bertz CT molecular complexity index is 707. The Morgan fingerprint density at radius 1 is 1.19 bits per heavy atom. The fraction of sp³-hybridized carbons (Fsp3) is 0.231. The summed E-state index contributed by atoms with van der Waals surface area (Å²) in [6.45, 7) is 2.37. The minimum Gasteiger partial charge on any atom is -0.207 e. The summed E-state index contributed by atoms with van der Waals surface area (Å²) < 4.78 is 26.9. The summed E-state index contributed by atoms with van der Waals surface area (Å²) in [5.41, 5.74) is 0. The molecule has 21 heavy (non-hydrogen) atoms. The molecule has 0 bridgehead atoms. The first-order valence-electron chi connectivity index (χ1n) is 6.03. The molecule has 2 aromatic rings. The maximum Gasteiger partial charge on any atom is 0.246 e. The first-order valence-corrected chi connectivity index (χ1v) is 9.48. The van der Waals surface area contributed by atoms with Gasteiger partial charge in [0.05, 0.1) is 10.0 Å². The van der Waals surface area contributed by atoms with Crippen LogP contribution in [0.2, 0.25) is 15.1 Å². The predicted molar refractivity (Wildman–Crippen MR) is 89.1 cm³/mol. The fourth-order valence-electron chi connectivity index (χ4n) is 1.85. The topological polar surface area (TPSA) is 37.4 Å². The van der Waals surface area contributed by atoms with E-state index in [2.05, 4.69) is 0 Å². The zero-order valence-corrected chi connectivity index (χ0v) is 14.9. The third-order valence-electron chi connectivity index (χ3n) is 2.83. The smallest absolute Gasteiger partial charge is 0.207 e. The summed E-state index contributed by atoms with van der Waals surface area (Å²) >= 11 is 19.4. The van der Waals surface area contributed by atoms with Crippen LogP contribution in [0.3, 0.4) is 0 Å². The van der Waals surface area contributed by atoms with Gasteiger partial charge in [-0.3, -0.25) is 0 Å². The molecule has 0 saturated carbocycles. The molecule has 1 heterocycles. The summed E-state index contributed by atoms with van der Waals surface area (Å²) in [7, 11) is -3.79. The van der Waals surface area contributed by atoms with Crippen LogP contribution in [-0.4, -0.2) is 19.3 Å². The van der Waals surface area contributed by atoms with E-state index < -0.39 is 10.0 Å². The molecule has 0 radical (unpaired) electrons. The van der Waals surface area contributed by atoms with Crippen LogP contribution in [0.4, 0.5) is 0 Å². The van der Waals surface area contributed by atoms with Crippen LogP contribution < -0.4 is 0 Å². The van der Waals surface area contributed by atoms with E-state index in [-0.39, 0.29) is 21.5 Å². The third-order valence-corrected chi connectivity index (χ3v) is 6.75. The average Bonchev–Trinajstić information content (AvgIpc) is 2.86. The molecule has 0 N–H and O–H groups in total. The second-order valence-electron chi connectivity index (χ2n) is 4.21. The van der Waals surface area contributed by atoms with Crippen molar-refractivity contribution in [3.8, 4) is 0 Å².